The molecule has 1 aliphatic heterocycles. The lowest BCUT2D eigenvalue weighted by Crippen LogP contribution is -2.30. The van der Waals surface area contributed by atoms with E-state index >= 15 is 0 Å². The molecule has 5 nitrogen and oxygen atoms in total. The first kappa shape index (κ1) is 16.6. The van der Waals surface area contributed by atoms with Gasteiger partial charge in [-0.25, -0.2) is 4.98 Å². The van der Waals surface area contributed by atoms with Crippen LogP contribution in [-0.4, -0.2) is 40.0 Å². The second-order valence-electron chi connectivity index (χ2n) is 6.39. The Morgan fingerprint density at radius 3 is 2.58 bits per heavy atom. The van der Waals surface area contributed by atoms with Crippen LogP contribution in [0.2, 0.25) is 0 Å². The molecule has 1 unspecified atom stereocenters. The molecule has 1 atom stereocenters. The SMILES string of the molecule is CC(C)c1ccc(-c2nc(C(=O)N3CCC(C(=O)O)C3)cs2)cc1. The number of carbonyl (C=O) groups excluding carboxylic acids is 1. The summed E-state index contributed by atoms with van der Waals surface area (Å²) in [6, 6.07) is 8.22. The number of nitrogens with zero attached hydrogens (tertiary/aromatic N) is 2. The van der Waals surface area contributed by atoms with Gasteiger partial charge in [0.1, 0.15) is 10.7 Å². The highest BCUT2D eigenvalue weighted by Gasteiger charge is 2.32. The van der Waals surface area contributed by atoms with Crippen LogP contribution in [0.1, 0.15) is 42.2 Å². The molecule has 6 heteroatoms. The van der Waals surface area contributed by atoms with Gasteiger partial charge in [0, 0.05) is 24.0 Å². The summed E-state index contributed by atoms with van der Waals surface area (Å²) in [5.74, 6) is -1.00. The van der Waals surface area contributed by atoms with Crippen molar-refractivity contribution in [2.75, 3.05) is 13.1 Å². The van der Waals surface area contributed by atoms with E-state index in [4.69, 9.17) is 5.11 Å². The lowest BCUT2D eigenvalue weighted by molar-refractivity contribution is -0.141. The Labute approximate surface area is 145 Å². The van der Waals surface area contributed by atoms with Crippen LogP contribution in [0, 0.1) is 5.92 Å². The Bertz CT molecular complexity index is 752. The van der Waals surface area contributed by atoms with Crippen molar-refractivity contribution in [1.82, 2.24) is 9.88 Å². The van der Waals surface area contributed by atoms with Crippen LogP contribution in [0.25, 0.3) is 10.6 Å². The lowest BCUT2D eigenvalue weighted by atomic mass is 10.0. The molecule has 0 radical (unpaired) electrons. The highest BCUT2D eigenvalue weighted by Crippen LogP contribution is 2.27. The minimum atomic E-state index is -0.838. The number of benzene rings is 1. The highest BCUT2D eigenvalue weighted by atomic mass is 32.1. The molecule has 3 rings (SSSR count). The fourth-order valence-corrected chi connectivity index (χ4v) is 3.62. The minimum absolute atomic E-state index is 0.181. The average Bonchev–Trinajstić information content (AvgIpc) is 3.24. The molecule has 0 saturated carbocycles. The molecule has 0 spiro atoms. The smallest absolute Gasteiger partial charge is 0.308 e. The summed E-state index contributed by atoms with van der Waals surface area (Å²) in [6.45, 7) is 5.04. The Balaban J connectivity index is 1.73. The summed E-state index contributed by atoms with van der Waals surface area (Å²) in [7, 11) is 0. The van der Waals surface area contributed by atoms with Crippen LogP contribution < -0.4 is 0 Å². The van der Waals surface area contributed by atoms with Gasteiger partial charge >= 0.3 is 5.97 Å². The van der Waals surface area contributed by atoms with Gasteiger partial charge in [-0.3, -0.25) is 9.59 Å². The number of aromatic nitrogens is 1. The zero-order chi connectivity index (χ0) is 17.3. The van der Waals surface area contributed by atoms with Gasteiger partial charge in [0.05, 0.1) is 5.92 Å². The van der Waals surface area contributed by atoms with Crippen LogP contribution in [0.4, 0.5) is 0 Å². The number of amides is 1. The molecule has 126 valence electrons. The number of thiazole rings is 1. The molecule has 0 bridgehead atoms. The van der Waals surface area contributed by atoms with E-state index in [1.807, 2.05) is 12.1 Å². The zero-order valence-corrected chi connectivity index (χ0v) is 14.5. The number of aliphatic carboxylic acids is 1. The average molecular weight is 344 g/mol. The van der Waals surface area contributed by atoms with Crippen molar-refractivity contribution in [3.05, 3.63) is 40.9 Å². The molecule has 1 aromatic heterocycles. The lowest BCUT2D eigenvalue weighted by Gasteiger charge is -2.13. The van der Waals surface area contributed by atoms with E-state index in [0.29, 0.717) is 24.6 Å². The topological polar surface area (TPSA) is 70.5 Å². The Morgan fingerprint density at radius 2 is 2.00 bits per heavy atom. The van der Waals surface area contributed by atoms with E-state index in [1.54, 1.807) is 10.3 Å². The second-order valence-corrected chi connectivity index (χ2v) is 7.25. The number of hydrogen-bond donors (Lipinski definition) is 1. The summed E-state index contributed by atoms with van der Waals surface area (Å²) in [5.41, 5.74) is 2.66. The van der Waals surface area contributed by atoms with Gasteiger partial charge in [0.15, 0.2) is 0 Å². The predicted octanol–water partition coefficient (Wildman–Crippen LogP) is 3.48. The second kappa shape index (κ2) is 6.73. The maximum Gasteiger partial charge on any atom is 0.308 e. The van der Waals surface area contributed by atoms with E-state index < -0.39 is 11.9 Å². The summed E-state index contributed by atoms with van der Waals surface area (Å²) in [4.78, 5) is 29.5. The van der Waals surface area contributed by atoms with E-state index in [1.165, 1.54) is 16.9 Å². The van der Waals surface area contributed by atoms with Crippen molar-refractivity contribution in [3.63, 3.8) is 0 Å². The Kier molecular flexibility index (Phi) is 4.66. The first-order valence-electron chi connectivity index (χ1n) is 8.03. The summed E-state index contributed by atoms with van der Waals surface area (Å²) >= 11 is 1.44. The van der Waals surface area contributed by atoms with Gasteiger partial charge in [-0.1, -0.05) is 38.1 Å². The molecule has 1 fully saturated rings. The van der Waals surface area contributed by atoms with Crippen LogP contribution in [0.3, 0.4) is 0 Å². The molecular formula is C18H20N2O3S. The standard InChI is InChI=1S/C18H20N2O3S/c1-11(2)12-3-5-13(6-4-12)16-19-15(10-24-16)17(21)20-8-7-14(9-20)18(22)23/h3-6,10-11,14H,7-9H2,1-2H3,(H,22,23). The molecule has 1 aromatic carbocycles. The monoisotopic (exact) mass is 344 g/mol. The fraction of sp³-hybridized carbons (Fsp3) is 0.389. The minimum Gasteiger partial charge on any atom is -0.481 e. The van der Waals surface area contributed by atoms with Crippen molar-refractivity contribution in [3.8, 4) is 10.6 Å². The normalized spacial score (nSPS) is 17.5. The molecule has 1 amide bonds. The van der Waals surface area contributed by atoms with E-state index in [2.05, 4.69) is 31.0 Å². The third kappa shape index (κ3) is 3.33. The Morgan fingerprint density at radius 1 is 1.29 bits per heavy atom. The maximum atomic E-state index is 12.5. The fourth-order valence-electron chi connectivity index (χ4n) is 2.82. The number of likely N-dealkylation sites (tertiary alicyclic amines) is 1. The largest absolute Gasteiger partial charge is 0.481 e. The molecule has 2 aromatic rings. The first-order chi connectivity index (χ1) is 11.5. The number of carboxylic acids is 1. The molecular weight excluding hydrogens is 324 g/mol. The van der Waals surface area contributed by atoms with Crippen molar-refractivity contribution < 1.29 is 14.7 Å². The van der Waals surface area contributed by atoms with Gasteiger partial charge < -0.3 is 10.0 Å². The molecule has 2 heterocycles. The number of carboxylic acid groups (broad SMARTS) is 1. The quantitative estimate of drug-likeness (QED) is 0.922. The third-order valence-corrected chi connectivity index (χ3v) is 5.26. The van der Waals surface area contributed by atoms with E-state index in [9.17, 15) is 9.59 Å². The Hall–Kier alpha value is -2.21. The zero-order valence-electron chi connectivity index (χ0n) is 13.7. The molecule has 1 aliphatic rings. The molecule has 1 saturated heterocycles. The van der Waals surface area contributed by atoms with Gasteiger partial charge in [0.2, 0.25) is 0 Å². The predicted molar refractivity (Wildman–Crippen MR) is 93.3 cm³/mol. The number of hydrogen-bond acceptors (Lipinski definition) is 4. The highest BCUT2D eigenvalue weighted by molar-refractivity contribution is 7.13. The van der Waals surface area contributed by atoms with Crippen LogP contribution >= 0.6 is 11.3 Å². The van der Waals surface area contributed by atoms with Crippen LogP contribution in [0.15, 0.2) is 29.6 Å². The molecule has 1 N–H and O–H groups in total. The maximum absolute atomic E-state index is 12.5. The van der Waals surface area contributed by atoms with Gasteiger partial charge in [-0.2, -0.15) is 0 Å². The van der Waals surface area contributed by atoms with Crippen LogP contribution in [0.5, 0.6) is 0 Å². The van der Waals surface area contributed by atoms with Crippen molar-refractivity contribution >= 4 is 23.2 Å². The van der Waals surface area contributed by atoms with Gasteiger partial charge in [-0.05, 0) is 17.9 Å². The number of carbonyl (C=O) groups is 2. The summed E-state index contributed by atoms with van der Waals surface area (Å²) in [5, 5.41) is 11.6. The van der Waals surface area contributed by atoms with Gasteiger partial charge in [-0.15, -0.1) is 11.3 Å². The molecule has 24 heavy (non-hydrogen) atoms. The first-order valence-corrected chi connectivity index (χ1v) is 8.91. The molecule has 0 aliphatic carbocycles. The van der Waals surface area contributed by atoms with Crippen molar-refractivity contribution in [2.24, 2.45) is 5.92 Å². The van der Waals surface area contributed by atoms with E-state index in [0.717, 1.165) is 10.6 Å². The third-order valence-electron chi connectivity index (χ3n) is 4.37. The van der Waals surface area contributed by atoms with Crippen molar-refractivity contribution in [1.29, 1.82) is 0 Å². The van der Waals surface area contributed by atoms with Crippen molar-refractivity contribution in [2.45, 2.75) is 26.2 Å². The van der Waals surface area contributed by atoms with Crippen LogP contribution in [-0.2, 0) is 4.79 Å². The summed E-state index contributed by atoms with van der Waals surface area (Å²) in [6.07, 6.45) is 0.509. The van der Waals surface area contributed by atoms with E-state index in [-0.39, 0.29) is 12.5 Å². The van der Waals surface area contributed by atoms with Gasteiger partial charge in [0.25, 0.3) is 5.91 Å². The summed E-state index contributed by atoms with van der Waals surface area (Å²) < 4.78 is 0. The number of rotatable bonds is 4.